The molecule has 0 radical (unpaired) electrons. The van der Waals surface area contributed by atoms with E-state index in [9.17, 15) is 13.5 Å². The highest BCUT2D eigenvalue weighted by Gasteiger charge is 2.28. The second-order valence-corrected chi connectivity index (χ2v) is 7.51. The number of hydrogen-bond acceptors (Lipinski definition) is 3. The highest BCUT2D eigenvalue weighted by atomic mass is 32.2. The third kappa shape index (κ3) is 3.82. The minimum atomic E-state index is -3.41. The first-order valence-corrected chi connectivity index (χ1v) is 7.25. The predicted octanol–water partition coefficient (Wildman–Crippen LogP) is 2.18. The number of benzene rings is 1. The number of aryl methyl sites for hydroxylation is 1. The molecule has 0 saturated carbocycles. The normalized spacial score (nSPS) is 14.6. The van der Waals surface area contributed by atoms with Gasteiger partial charge in [-0.25, -0.2) is 8.42 Å². The molecule has 0 amide bonds. The average molecular weight is 256 g/mol. The van der Waals surface area contributed by atoms with Crippen LogP contribution in [-0.2, 0) is 9.84 Å². The monoisotopic (exact) mass is 256 g/mol. The Balaban J connectivity index is 2.94. The molecule has 0 saturated heterocycles. The quantitative estimate of drug-likeness (QED) is 0.901. The standard InChI is InChI=1S/C13H20O3S/c1-10-5-7-11(8-6-10)17(15,16)9-12(14)13(2,3)4/h5-8,12,14H,9H2,1-4H3. The van der Waals surface area contributed by atoms with Crippen molar-refractivity contribution in [3.63, 3.8) is 0 Å². The second kappa shape index (κ2) is 4.78. The van der Waals surface area contributed by atoms with Crippen LogP contribution in [0.15, 0.2) is 29.2 Å². The van der Waals surface area contributed by atoms with Crippen molar-refractivity contribution >= 4 is 9.84 Å². The van der Waals surface area contributed by atoms with Crippen LogP contribution in [0, 0.1) is 12.3 Å². The van der Waals surface area contributed by atoms with Crippen LogP contribution in [0.2, 0.25) is 0 Å². The molecule has 0 spiro atoms. The van der Waals surface area contributed by atoms with E-state index >= 15 is 0 Å². The fraction of sp³-hybridized carbons (Fsp3) is 0.538. The summed E-state index contributed by atoms with van der Waals surface area (Å²) in [6, 6.07) is 6.69. The lowest BCUT2D eigenvalue weighted by atomic mass is 9.90. The summed E-state index contributed by atoms with van der Waals surface area (Å²) in [4.78, 5) is 0.270. The zero-order valence-electron chi connectivity index (χ0n) is 10.8. The molecule has 1 rings (SSSR count). The van der Waals surface area contributed by atoms with Crippen LogP contribution in [-0.4, -0.2) is 25.4 Å². The fourth-order valence-corrected chi connectivity index (χ4v) is 2.96. The van der Waals surface area contributed by atoms with Crippen LogP contribution in [0.1, 0.15) is 26.3 Å². The topological polar surface area (TPSA) is 54.4 Å². The molecule has 0 aromatic heterocycles. The first kappa shape index (κ1) is 14.2. The lowest BCUT2D eigenvalue weighted by Gasteiger charge is -2.25. The van der Waals surface area contributed by atoms with Crippen molar-refractivity contribution in [2.75, 3.05) is 5.75 Å². The Morgan fingerprint density at radius 3 is 2.06 bits per heavy atom. The van der Waals surface area contributed by atoms with Crippen LogP contribution in [0.3, 0.4) is 0 Å². The van der Waals surface area contributed by atoms with E-state index in [0.29, 0.717) is 0 Å². The van der Waals surface area contributed by atoms with E-state index in [1.54, 1.807) is 24.3 Å². The predicted molar refractivity (Wildman–Crippen MR) is 68.7 cm³/mol. The van der Waals surface area contributed by atoms with E-state index < -0.39 is 21.4 Å². The van der Waals surface area contributed by atoms with Gasteiger partial charge in [-0.15, -0.1) is 0 Å². The highest BCUT2D eigenvalue weighted by molar-refractivity contribution is 7.91. The molecule has 0 fully saturated rings. The molecule has 1 atom stereocenters. The molecule has 17 heavy (non-hydrogen) atoms. The molecule has 0 aliphatic carbocycles. The van der Waals surface area contributed by atoms with Gasteiger partial charge in [0.2, 0.25) is 0 Å². The molecular formula is C13H20O3S. The molecule has 0 aliphatic rings. The zero-order chi connectivity index (χ0) is 13.3. The van der Waals surface area contributed by atoms with Crippen molar-refractivity contribution in [3.05, 3.63) is 29.8 Å². The number of aliphatic hydroxyl groups excluding tert-OH is 1. The van der Waals surface area contributed by atoms with Crippen LogP contribution in [0.5, 0.6) is 0 Å². The van der Waals surface area contributed by atoms with Crippen molar-refractivity contribution < 1.29 is 13.5 Å². The summed E-state index contributed by atoms with van der Waals surface area (Å²) in [5.41, 5.74) is 0.581. The molecular weight excluding hydrogens is 236 g/mol. The van der Waals surface area contributed by atoms with Crippen LogP contribution < -0.4 is 0 Å². The van der Waals surface area contributed by atoms with Gasteiger partial charge in [0.15, 0.2) is 9.84 Å². The molecule has 1 aromatic rings. The Labute approximate surface area is 103 Å². The molecule has 4 heteroatoms. The van der Waals surface area contributed by atoms with Gasteiger partial charge in [-0.2, -0.15) is 0 Å². The minimum absolute atomic E-state index is 0.237. The number of aliphatic hydroxyl groups is 1. The van der Waals surface area contributed by atoms with Crippen LogP contribution >= 0.6 is 0 Å². The fourth-order valence-electron chi connectivity index (χ4n) is 1.30. The first-order chi connectivity index (χ1) is 7.63. The van der Waals surface area contributed by atoms with Gasteiger partial charge >= 0.3 is 0 Å². The molecule has 1 unspecified atom stereocenters. The molecule has 0 bridgehead atoms. The van der Waals surface area contributed by atoms with Crippen molar-refractivity contribution in [3.8, 4) is 0 Å². The Kier molecular flexibility index (Phi) is 3.99. The number of sulfone groups is 1. The molecule has 0 heterocycles. The van der Waals surface area contributed by atoms with Crippen molar-refractivity contribution in [2.45, 2.75) is 38.7 Å². The Morgan fingerprint density at radius 2 is 1.65 bits per heavy atom. The maximum absolute atomic E-state index is 12.0. The summed E-state index contributed by atoms with van der Waals surface area (Å²) in [5.74, 6) is -0.237. The van der Waals surface area contributed by atoms with Crippen LogP contribution in [0.4, 0.5) is 0 Å². The maximum Gasteiger partial charge on any atom is 0.180 e. The Bertz CT molecular complexity index is 466. The lowest BCUT2D eigenvalue weighted by Crippen LogP contribution is -2.33. The van der Waals surface area contributed by atoms with Gasteiger partial charge in [-0.05, 0) is 24.5 Å². The largest absolute Gasteiger partial charge is 0.392 e. The van der Waals surface area contributed by atoms with Gasteiger partial charge < -0.3 is 5.11 Å². The average Bonchev–Trinajstić information content (AvgIpc) is 2.16. The van der Waals surface area contributed by atoms with E-state index in [2.05, 4.69) is 0 Å². The van der Waals surface area contributed by atoms with E-state index in [1.165, 1.54) is 0 Å². The van der Waals surface area contributed by atoms with E-state index in [-0.39, 0.29) is 10.6 Å². The third-order valence-corrected chi connectivity index (χ3v) is 4.50. The second-order valence-electron chi connectivity index (χ2n) is 5.48. The third-order valence-electron chi connectivity index (χ3n) is 2.76. The van der Waals surface area contributed by atoms with Gasteiger partial charge in [0.05, 0.1) is 16.8 Å². The van der Waals surface area contributed by atoms with Gasteiger partial charge in [0, 0.05) is 0 Å². The van der Waals surface area contributed by atoms with E-state index in [1.807, 2.05) is 27.7 Å². The summed E-state index contributed by atoms with van der Waals surface area (Å²) in [5, 5.41) is 9.86. The number of hydrogen-bond donors (Lipinski definition) is 1. The summed E-state index contributed by atoms with van der Waals surface area (Å²) < 4.78 is 24.1. The maximum atomic E-state index is 12.0. The van der Waals surface area contributed by atoms with E-state index in [0.717, 1.165) is 5.56 Å². The van der Waals surface area contributed by atoms with Crippen LogP contribution in [0.25, 0.3) is 0 Å². The lowest BCUT2D eigenvalue weighted by molar-refractivity contribution is 0.0826. The summed E-state index contributed by atoms with van der Waals surface area (Å²) in [6.07, 6.45) is -0.867. The van der Waals surface area contributed by atoms with Crippen molar-refractivity contribution in [2.24, 2.45) is 5.41 Å². The first-order valence-electron chi connectivity index (χ1n) is 5.60. The molecule has 3 nitrogen and oxygen atoms in total. The Morgan fingerprint density at radius 1 is 1.18 bits per heavy atom. The van der Waals surface area contributed by atoms with Gasteiger partial charge in [-0.1, -0.05) is 38.5 Å². The van der Waals surface area contributed by atoms with E-state index in [4.69, 9.17) is 0 Å². The highest BCUT2D eigenvalue weighted by Crippen LogP contribution is 2.23. The Hall–Kier alpha value is -0.870. The summed E-state index contributed by atoms with van der Waals surface area (Å²) >= 11 is 0. The summed E-state index contributed by atoms with van der Waals surface area (Å²) in [7, 11) is -3.41. The summed E-state index contributed by atoms with van der Waals surface area (Å²) in [6.45, 7) is 7.37. The molecule has 96 valence electrons. The molecule has 0 aliphatic heterocycles. The molecule has 1 N–H and O–H groups in total. The zero-order valence-corrected chi connectivity index (χ0v) is 11.6. The van der Waals surface area contributed by atoms with Gasteiger partial charge in [-0.3, -0.25) is 0 Å². The van der Waals surface area contributed by atoms with Gasteiger partial charge in [0.25, 0.3) is 0 Å². The minimum Gasteiger partial charge on any atom is -0.392 e. The molecule has 1 aromatic carbocycles. The number of rotatable bonds is 3. The van der Waals surface area contributed by atoms with Crippen molar-refractivity contribution in [1.29, 1.82) is 0 Å². The SMILES string of the molecule is Cc1ccc(S(=O)(=O)CC(O)C(C)(C)C)cc1. The smallest absolute Gasteiger partial charge is 0.180 e. The van der Waals surface area contributed by atoms with Crippen molar-refractivity contribution in [1.82, 2.24) is 0 Å². The van der Waals surface area contributed by atoms with Gasteiger partial charge in [0.1, 0.15) is 0 Å².